The molecular weight excluding hydrogens is 552 g/mol. The molecule has 0 radical (unpaired) electrons. The van der Waals surface area contributed by atoms with Crippen LogP contribution in [0.15, 0.2) is 60.9 Å². The molecule has 0 atom stereocenters. The van der Waals surface area contributed by atoms with Crippen molar-refractivity contribution in [2.75, 3.05) is 18.5 Å². The zero-order valence-corrected chi connectivity index (χ0v) is 19.9. The average molecular weight is 571 g/mol. The number of amides is 1. The van der Waals surface area contributed by atoms with E-state index >= 15 is 0 Å². The van der Waals surface area contributed by atoms with Gasteiger partial charge in [-0.1, -0.05) is 12.1 Å². The number of aliphatic hydroxyl groups is 1. The molecule has 0 fully saturated rings. The lowest BCUT2D eigenvalue weighted by Crippen LogP contribution is -2.28. The summed E-state index contributed by atoms with van der Waals surface area (Å²) in [7, 11) is 0. The highest BCUT2D eigenvalue weighted by Crippen LogP contribution is 2.34. The van der Waals surface area contributed by atoms with Crippen LogP contribution in [0.25, 0.3) is 10.9 Å². The van der Waals surface area contributed by atoms with Crippen molar-refractivity contribution < 1.29 is 19.1 Å². The van der Waals surface area contributed by atoms with Gasteiger partial charge in [0.2, 0.25) is 0 Å². The number of benzene rings is 2. The number of nitriles is 1. The number of rotatable bonds is 8. The van der Waals surface area contributed by atoms with Crippen LogP contribution in [-0.4, -0.2) is 33.8 Å². The summed E-state index contributed by atoms with van der Waals surface area (Å²) in [6, 6.07) is 15.7. The molecule has 2 aromatic heterocycles. The average Bonchev–Trinajstić information content (AvgIpc) is 3.14. The van der Waals surface area contributed by atoms with Gasteiger partial charge in [0.15, 0.2) is 0 Å². The number of aliphatic hydroxyl groups excluding tert-OH is 1. The number of carbonyl (C=O) groups is 1. The van der Waals surface area contributed by atoms with Gasteiger partial charge in [0.1, 0.15) is 11.5 Å². The second-order valence-electron chi connectivity index (χ2n) is 7.27. The highest BCUT2D eigenvalue weighted by atomic mass is 127. The van der Waals surface area contributed by atoms with Crippen LogP contribution >= 0.6 is 22.6 Å². The normalized spacial score (nSPS) is 10.8. The molecule has 4 rings (SSSR count). The molecule has 0 spiro atoms. The third-order valence-electron chi connectivity index (χ3n) is 5.03. The number of pyridine rings is 1. The molecule has 0 bridgehead atoms. The number of hydroxylamine groups is 1. The molecule has 0 aliphatic carbocycles. The fourth-order valence-corrected chi connectivity index (χ4v) is 4.04. The Morgan fingerprint density at radius 1 is 1.26 bits per heavy atom. The maximum Gasteiger partial charge on any atom is 0.293 e. The van der Waals surface area contributed by atoms with Crippen molar-refractivity contribution in [3.63, 3.8) is 0 Å². The minimum absolute atomic E-state index is 0.0910. The van der Waals surface area contributed by atoms with E-state index in [1.807, 2.05) is 28.7 Å². The number of anilines is 2. The number of nitrogens with one attached hydrogen (secondary N) is 2. The SMILES string of the molecule is N#Cc1cccc(Cn2c(C(=O)NOCCO)c(Nc3ccc(I)cc3F)c3cnccc32)c1. The van der Waals surface area contributed by atoms with E-state index in [9.17, 15) is 14.4 Å². The van der Waals surface area contributed by atoms with E-state index in [1.54, 1.807) is 53.4 Å². The quantitative estimate of drug-likeness (QED) is 0.167. The standard InChI is InChI=1S/C24H19FIN5O3/c25-19-11-17(26)4-5-20(19)29-22-18-13-28-7-6-21(18)31(23(22)24(33)30-34-9-8-32)14-16-3-1-2-15(10-16)12-27/h1-7,10-11,13,29,32H,8-9,14H2,(H,30,33). The van der Waals surface area contributed by atoms with Gasteiger partial charge in [-0.3, -0.25) is 14.6 Å². The second kappa shape index (κ2) is 10.6. The fourth-order valence-electron chi connectivity index (χ4n) is 3.58. The fraction of sp³-hybridized carbons (Fsp3) is 0.125. The molecule has 172 valence electrons. The zero-order valence-electron chi connectivity index (χ0n) is 17.8. The molecular formula is C24H19FIN5O3. The lowest BCUT2D eigenvalue weighted by Gasteiger charge is -2.14. The van der Waals surface area contributed by atoms with Gasteiger partial charge < -0.3 is 15.0 Å². The number of nitrogens with zero attached hydrogens (tertiary/aromatic N) is 3. The summed E-state index contributed by atoms with van der Waals surface area (Å²) in [5.41, 5.74) is 5.03. The number of fused-ring (bicyclic) bond motifs is 1. The van der Waals surface area contributed by atoms with Gasteiger partial charge in [-0.25, -0.2) is 9.87 Å². The van der Waals surface area contributed by atoms with Gasteiger partial charge in [0, 0.05) is 27.9 Å². The summed E-state index contributed by atoms with van der Waals surface area (Å²) in [5.74, 6) is -1.06. The molecule has 1 amide bonds. The monoisotopic (exact) mass is 571 g/mol. The Morgan fingerprint density at radius 2 is 2.12 bits per heavy atom. The Balaban J connectivity index is 1.87. The summed E-state index contributed by atoms with van der Waals surface area (Å²) in [4.78, 5) is 22.5. The van der Waals surface area contributed by atoms with E-state index in [2.05, 4.69) is 21.9 Å². The van der Waals surface area contributed by atoms with Crippen molar-refractivity contribution in [2.45, 2.75) is 6.54 Å². The van der Waals surface area contributed by atoms with E-state index in [-0.39, 0.29) is 31.1 Å². The first-order valence-electron chi connectivity index (χ1n) is 10.2. The van der Waals surface area contributed by atoms with Gasteiger partial charge in [-0.2, -0.15) is 5.26 Å². The van der Waals surface area contributed by atoms with Crippen LogP contribution in [0.3, 0.4) is 0 Å². The van der Waals surface area contributed by atoms with E-state index in [0.29, 0.717) is 22.2 Å². The smallest absolute Gasteiger partial charge is 0.293 e. The lowest BCUT2D eigenvalue weighted by atomic mass is 10.1. The van der Waals surface area contributed by atoms with Crippen LogP contribution in [0.2, 0.25) is 0 Å². The topological polar surface area (TPSA) is 112 Å². The van der Waals surface area contributed by atoms with Crippen LogP contribution in [0.4, 0.5) is 15.8 Å². The molecule has 0 unspecified atom stereocenters. The Labute approximate surface area is 208 Å². The molecule has 8 nitrogen and oxygen atoms in total. The van der Waals surface area contributed by atoms with Gasteiger partial charge in [0.25, 0.3) is 5.91 Å². The first-order valence-corrected chi connectivity index (χ1v) is 11.3. The van der Waals surface area contributed by atoms with Crippen molar-refractivity contribution in [1.82, 2.24) is 15.0 Å². The summed E-state index contributed by atoms with van der Waals surface area (Å²) >= 11 is 2.02. The van der Waals surface area contributed by atoms with Gasteiger partial charge in [0.05, 0.1) is 41.7 Å². The second-order valence-corrected chi connectivity index (χ2v) is 8.51. The molecule has 2 heterocycles. The summed E-state index contributed by atoms with van der Waals surface area (Å²) < 4.78 is 17.2. The van der Waals surface area contributed by atoms with Crippen molar-refractivity contribution in [1.29, 1.82) is 5.26 Å². The van der Waals surface area contributed by atoms with Crippen molar-refractivity contribution in [2.24, 2.45) is 0 Å². The van der Waals surface area contributed by atoms with E-state index in [1.165, 1.54) is 6.07 Å². The molecule has 34 heavy (non-hydrogen) atoms. The molecule has 2 aromatic carbocycles. The Hall–Kier alpha value is -3.53. The third kappa shape index (κ3) is 5.01. The van der Waals surface area contributed by atoms with Gasteiger partial charge in [-0.15, -0.1) is 0 Å². The first kappa shape index (κ1) is 23.6. The molecule has 3 N–H and O–H groups in total. The maximum absolute atomic E-state index is 14.7. The van der Waals surface area contributed by atoms with Gasteiger partial charge >= 0.3 is 0 Å². The van der Waals surface area contributed by atoms with Crippen molar-refractivity contribution in [3.8, 4) is 6.07 Å². The minimum atomic E-state index is -0.588. The molecule has 0 saturated heterocycles. The first-order chi connectivity index (χ1) is 16.5. The lowest BCUT2D eigenvalue weighted by molar-refractivity contribution is 0.0163. The number of aromatic nitrogens is 2. The van der Waals surface area contributed by atoms with Crippen LogP contribution in [0.5, 0.6) is 0 Å². The van der Waals surface area contributed by atoms with Crippen LogP contribution in [0.1, 0.15) is 21.6 Å². The van der Waals surface area contributed by atoms with E-state index < -0.39 is 11.7 Å². The number of carbonyl (C=O) groups excluding carboxylic acids is 1. The predicted octanol–water partition coefficient (Wildman–Crippen LogP) is 4.10. The van der Waals surface area contributed by atoms with E-state index in [4.69, 9.17) is 9.94 Å². The molecule has 0 aliphatic heterocycles. The number of hydrogen-bond acceptors (Lipinski definition) is 6. The third-order valence-corrected chi connectivity index (χ3v) is 5.70. The molecule has 0 aliphatic rings. The van der Waals surface area contributed by atoms with Crippen LogP contribution in [-0.2, 0) is 11.4 Å². The summed E-state index contributed by atoms with van der Waals surface area (Å²) in [6.45, 7) is -0.102. The zero-order chi connectivity index (χ0) is 24.1. The van der Waals surface area contributed by atoms with Crippen molar-refractivity contribution >= 4 is 50.8 Å². The molecule has 4 aromatic rings. The highest BCUT2D eigenvalue weighted by Gasteiger charge is 2.24. The van der Waals surface area contributed by atoms with E-state index in [0.717, 1.165) is 9.13 Å². The summed E-state index contributed by atoms with van der Waals surface area (Å²) in [6.07, 6.45) is 3.19. The Kier molecular flexibility index (Phi) is 7.36. The number of hydrogen-bond donors (Lipinski definition) is 3. The van der Waals surface area contributed by atoms with Crippen LogP contribution < -0.4 is 10.8 Å². The number of halogens is 2. The van der Waals surface area contributed by atoms with Crippen molar-refractivity contribution in [3.05, 3.63) is 87.1 Å². The molecule has 10 heteroatoms. The predicted molar refractivity (Wildman–Crippen MR) is 133 cm³/mol. The molecule has 0 saturated carbocycles. The largest absolute Gasteiger partial charge is 0.394 e. The maximum atomic E-state index is 14.7. The summed E-state index contributed by atoms with van der Waals surface area (Å²) in [5, 5.41) is 21.9. The minimum Gasteiger partial charge on any atom is -0.394 e. The Morgan fingerprint density at radius 3 is 2.88 bits per heavy atom. The highest BCUT2D eigenvalue weighted by molar-refractivity contribution is 14.1. The Bertz CT molecular complexity index is 1400. The van der Waals surface area contributed by atoms with Crippen LogP contribution in [0, 0.1) is 20.7 Å². The van der Waals surface area contributed by atoms with Gasteiger partial charge in [-0.05, 0) is 64.6 Å².